The summed E-state index contributed by atoms with van der Waals surface area (Å²) < 4.78 is 15.4. The van der Waals surface area contributed by atoms with E-state index in [1.54, 1.807) is 36.2 Å². The van der Waals surface area contributed by atoms with E-state index in [1.165, 1.54) is 26.2 Å². The van der Waals surface area contributed by atoms with Crippen molar-refractivity contribution in [2.75, 3.05) is 28.4 Å². The van der Waals surface area contributed by atoms with Crippen LogP contribution in [0.1, 0.15) is 28.4 Å². The van der Waals surface area contributed by atoms with Gasteiger partial charge in [0, 0.05) is 17.5 Å². The lowest BCUT2D eigenvalue weighted by atomic mass is 9.73. The molecule has 9 heteroatoms. The van der Waals surface area contributed by atoms with Crippen molar-refractivity contribution in [3.63, 3.8) is 0 Å². The Hall–Kier alpha value is -3.20. The highest BCUT2D eigenvalue weighted by molar-refractivity contribution is 6.11. The van der Waals surface area contributed by atoms with Gasteiger partial charge in [-0.25, -0.2) is 0 Å². The van der Waals surface area contributed by atoms with Crippen molar-refractivity contribution in [3.8, 4) is 5.75 Å². The molecule has 1 amide bonds. The maximum absolute atomic E-state index is 13.8. The molecule has 2 fully saturated rings. The van der Waals surface area contributed by atoms with Crippen LogP contribution in [0.25, 0.3) is 0 Å². The number of carbonyl (C=O) groups is 4. The predicted octanol–water partition coefficient (Wildman–Crippen LogP) is 0.734. The number of fused-ring (bicyclic) bond motifs is 5. The molecule has 0 radical (unpaired) electrons. The quantitative estimate of drug-likeness (QED) is 0.393. The average molecular weight is 428 g/mol. The van der Waals surface area contributed by atoms with Gasteiger partial charge in [-0.3, -0.25) is 24.1 Å². The lowest BCUT2D eigenvalue weighted by Gasteiger charge is -2.51. The molecule has 0 N–H and O–H groups in total. The number of ketones is 1. The Labute approximate surface area is 179 Å². The molecular formula is C22H24N2O7. The number of amides is 1. The van der Waals surface area contributed by atoms with E-state index in [9.17, 15) is 19.2 Å². The van der Waals surface area contributed by atoms with E-state index in [2.05, 4.69) is 6.58 Å². The number of hydrogen-bond acceptors (Lipinski definition) is 8. The highest BCUT2D eigenvalue weighted by Crippen LogP contribution is 2.53. The van der Waals surface area contributed by atoms with E-state index in [1.807, 2.05) is 0 Å². The van der Waals surface area contributed by atoms with Crippen molar-refractivity contribution in [1.82, 2.24) is 9.80 Å². The number of benzene rings is 1. The maximum Gasteiger partial charge on any atom is 0.325 e. The van der Waals surface area contributed by atoms with Crippen molar-refractivity contribution < 1.29 is 33.4 Å². The first-order valence-corrected chi connectivity index (χ1v) is 9.84. The summed E-state index contributed by atoms with van der Waals surface area (Å²) in [5.41, 5.74) is -0.906. The molecule has 0 aliphatic carbocycles. The molecule has 3 heterocycles. The highest BCUT2D eigenvalue weighted by Gasteiger charge is 2.72. The average Bonchev–Trinajstić information content (AvgIpc) is 3.03. The zero-order valence-electron chi connectivity index (χ0n) is 17.8. The summed E-state index contributed by atoms with van der Waals surface area (Å²) in [7, 11) is 5.46. The van der Waals surface area contributed by atoms with Gasteiger partial charge in [-0.05, 0) is 13.1 Å². The molecule has 0 aromatic heterocycles. The van der Waals surface area contributed by atoms with E-state index in [4.69, 9.17) is 14.2 Å². The molecule has 2 saturated heterocycles. The lowest BCUT2D eigenvalue weighted by Crippen LogP contribution is -2.69. The van der Waals surface area contributed by atoms with Crippen LogP contribution in [0.4, 0.5) is 0 Å². The molecule has 4 rings (SSSR count). The van der Waals surface area contributed by atoms with E-state index < -0.39 is 41.5 Å². The van der Waals surface area contributed by atoms with Gasteiger partial charge < -0.3 is 19.1 Å². The second-order valence-electron chi connectivity index (χ2n) is 7.94. The molecule has 1 aromatic carbocycles. The number of esters is 2. The van der Waals surface area contributed by atoms with Crippen LogP contribution in [0, 0.1) is 5.41 Å². The second kappa shape index (κ2) is 7.19. The van der Waals surface area contributed by atoms with Crippen molar-refractivity contribution in [2.24, 2.45) is 5.41 Å². The van der Waals surface area contributed by atoms with Crippen LogP contribution in [-0.4, -0.2) is 79.9 Å². The number of methoxy groups -OCH3 is 3. The molecule has 2 bridgehead atoms. The number of hydrogen-bond donors (Lipinski definition) is 0. The standard InChI is InChI=1S/C22H24N2O7/c1-6-12-15-11(8-7-9-14(15)29-3)17(25)16-18-22(20(27)30-4,21(28)31-5)10-13(23(18)2)19(26)24(12)16/h6-9,12-13,16,18H,1,10H2,2-5H3/t12-,13-,16+,18-/m0/s1. The minimum Gasteiger partial charge on any atom is -0.496 e. The van der Waals surface area contributed by atoms with Gasteiger partial charge in [0.1, 0.15) is 11.8 Å². The fourth-order valence-electron chi connectivity index (χ4n) is 5.53. The minimum atomic E-state index is -1.81. The van der Waals surface area contributed by atoms with Gasteiger partial charge in [0.15, 0.2) is 11.2 Å². The first kappa shape index (κ1) is 21.0. The number of likely N-dealkylation sites (N-methyl/N-ethyl adjacent to an activating group) is 1. The Bertz CT molecular complexity index is 988. The summed E-state index contributed by atoms with van der Waals surface area (Å²) in [6.45, 7) is 3.88. The van der Waals surface area contributed by atoms with Crippen LogP contribution < -0.4 is 4.74 Å². The minimum absolute atomic E-state index is 0.135. The van der Waals surface area contributed by atoms with E-state index in [0.29, 0.717) is 16.9 Å². The molecule has 4 atom stereocenters. The smallest absolute Gasteiger partial charge is 0.325 e. The highest BCUT2D eigenvalue weighted by atomic mass is 16.5. The summed E-state index contributed by atoms with van der Waals surface area (Å²) in [5, 5.41) is 0. The number of nitrogens with zero attached hydrogens (tertiary/aromatic N) is 2. The molecule has 164 valence electrons. The molecule has 31 heavy (non-hydrogen) atoms. The van der Waals surface area contributed by atoms with Crippen molar-refractivity contribution >= 4 is 23.6 Å². The Kier molecular flexibility index (Phi) is 4.88. The van der Waals surface area contributed by atoms with Crippen molar-refractivity contribution in [2.45, 2.75) is 30.6 Å². The van der Waals surface area contributed by atoms with Crippen LogP contribution in [0.2, 0.25) is 0 Å². The summed E-state index contributed by atoms with van der Waals surface area (Å²) >= 11 is 0. The third kappa shape index (κ3) is 2.46. The zero-order valence-corrected chi connectivity index (χ0v) is 17.8. The van der Waals surface area contributed by atoms with Crippen molar-refractivity contribution in [3.05, 3.63) is 42.0 Å². The molecule has 0 spiro atoms. The van der Waals surface area contributed by atoms with Crippen LogP contribution in [0.3, 0.4) is 0 Å². The van der Waals surface area contributed by atoms with Gasteiger partial charge in [0.05, 0.1) is 39.5 Å². The molecule has 0 saturated carbocycles. The van der Waals surface area contributed by atoms with Gasteiger partial charge in [0.2, 0.25) is 5.91 Å². The molecule has 1 aromatic rings. The fraction of sp³-hybridized carbons (Fsp3) is 0.455. The molecule has 0 unspecified atom stereocenters. The van der Waals surface area contributed by atoms with Crippen LogP contribution in [0.15, 0.2) is 30.9 Å². The largest absolute Gasteiger partial charge is 0.496 e. The van der Waals surface area contributed by atoms with Crippen molar-refractivity contribution in [1.29, 1.82) is 0 Å². The summed E-state index contributed by atoms with van der Waals surface area (Å²) in [4.78, 5) is 56.4. The molecule has 9 nitrogen and oxygen atoms in total. The Balaban J connectivity index is 1.99. The fourth-order valence-corrected chi connectivity index (χ4v) is 5.53. The van der Waals surface area contributed by atoms with Gasteiger partial charge in [-0.15, -0.1) is 6.58 Å². The number of piperazine rings is 1. The van der Waals surface area contributed by atoms with Crippen LogP contribution >= 0.6 is 0 Å². The van der Waals surface area contributed by atoms with Gasteiger partial charge in [-0.2, -0.15) is 0 Å². The van der Waals surface area contributed by atoms with Gasteiger partial charge >= 0.3 is 11.9 Å². The number of carbonyl (C=O) groups excluding carboxylic acids is 4. The number of ether oxygens (including phenoxy) is 3. The Morgan fingerprint density at radius 2 is 1.81 bits per heavy atom. The lowest BCUT2D eigenvalue weighted by molar-refractivity contribution is -0.173. The third-order valence-corrected chi connectivity index (χ3v) is 6.83. The monoisotopic (exact) mass is 428 g/mol. The molecule has 3 aliphatic rings. The Morgan fingerprint density at radius 1 is 1.16 bits per heavy atom. The molecular weight excluding hydrogens is 404 g/mol. The SMILES string of the molecule is C=C[C@H]1c2c(OC)cccc2C(=O)[C@@H]2[C@@H]3N(C)[C@@H](CC3(C(=O)OC)C(=O)OC)C(=O)N21. The normalized spacial score (nSPS) is 28.5. The first-order valence-electron chi connectivity index (χ1n) is 9.84. The van der Waals surface area contributed by atoms with E-state index in [-0.39, 0.29) is 18.1 Å². The summed E-state index contributed by atoms with van der Waals surface area (Å²) in [6.07, 6.45) is 1.44. The van der Waals surface area contributed by atoms with Crippen LogP contribution in [0.5, 0.6) is 5.75 Å². The van der Waals surface area contributed by atoms with Gasteiger partial charge in [0.25, 0.3) is 0 Å². The topological polar surface area (TPSA) is 102 Å². The Morgan fingerprint density at radius 3 is 2.35 bits per heavy atom. The predicted molar refractivity (Wildman–Crippen MR) is 107 cm³/mol. The summed E-state index contributed by atoms with van der Waals surface area (Å²) in [5.74, 6) is -1.94. The van der Waals surface area contributed by atoms with Gasteiger partial charge in [-0.1, -0.05) is 18.2 Å². The number of rotatable bonds is 4. The molecule has 3 aliphatic heterocycles. The van der Waals surface area contributed by atoms with Crippen LogP contribution in [-0.2, 0) is 23.9 Å². The maximum atomic E-state index is 13.8. The second-order valence-corrected chi connectivity index (χ2v) is 7.94. The number of Topliss-reactive ketones (excluding diaryl/α,β-unsaturated/α-hetero) is 1. The third-order valence-electron chi connectivity index (χ3n) is 6.83. The van der Waals surface area contributed by atoms with E-state index in [0.717, 1.165) is 0 Å². The summed E-state index contributed by atoms with van der Waals surface area (Å²) in [6, 6.07) is 1.53. The first-order chi connectivity index (χ1) is 14.8. The van der Waals surface area contributed by atoms with E-state index >= 15 is 0 Å². The zero-order chi connectivity index (χ0) is 22.7.